The molecule has 0 spiro atoms. The Hall–Kier alpha value is -1.30. The minimum absolute atomic E-state index is 0.105. The van der Waals surface area contributed by atoms with Crippen LogP contribution in [0.15, 0.2) is 29.3 Å². The molecule has 0 aliphatic carbocycles. The summed E-state index contributed by atoms with van der Waals surface area (Å²) in [5, 5.41) is 17.0. The van der Waals surface area contributed by atoms with Gasteiger partial charge < -0.3 is 20.6 Å². The molecule has 1 atom stereocenters. The fourth-order valence-corrected chi connectivity index (χ4v) is 3.21. The van der Waals surface area contributed by atoms with E-state index in [2.05, 4.69) is 40.4 Å². The third kappa shape index (κ3) is 7.22. The van der Waals surface area contributed by atoms with E-state index in [0.29, 0.717) is 0 Å². The highest BCUT2D eigenvalue weighted by molar-refractivity contribution is 6.30. The van der Waals surface area contributed by atoms with Crippen LogP contribution in [-0.2, 0) is 0 Å². The van der Waals surface area contributed by atoms with Crippen molar-refractivity contribution in [2.75, 3.05) is 32.7 Å². The summed E-state index contributed by atoms with van der Waals surface area (Å²) in [6, 6.07) is 8.04. The Balaban J connectivity index is 1.79. The van der Waals surface area contributed by atoms with Crippen molar-refractivity contribution in [2.24, 2.45) is 4.99 Å². The molecule has 1 saturated heterocycles. The van der Waals surface area contributed by atoms with Crippen molar-refractivity contribution in [1.29, 1.82) is 0 Å². The van der Waals surface area contributed by atoms with Gasteiger partial charge in [-0.15, -0.1) is 0 Å². The van der Waals surface area contributed by atoms with Crippen molar-refractivity contribution >= 4 is 17.6 Å². The van der Waals surface area contributed by atoms with Gasteiger partial charge in [0.25, 0.3) is 0 Å². The lowest BCUT2D eigenvalue weighted by Crippen LogP contribution is -2.39. The SMILES string of the molecule is CCNC(=NCCCN1CCC(O)CC1)NC(C)c1cccc(Cl)c1. The molecule has 140 valence electrons. The fraction of sp³-hybridized carbons (Fsp3) is 0.632. The Labute approximate surface area is 156 Å². The number of aliphatic imine (C=N–C) groups is 1. The quantitative estimate of drug-likeness (QED) is 0.394. The number of aliphatic hydroxyl groups excluding tert-OH is 1. The molecule has 1 aromatic rings. The van der Waals surface area contributed by atoms with E-state index in [9.17, 15) is 5.11 Å². The van der Waals surface area contributed by atoms with Gasteiger partial charge in [0.05, 0.1) is 12.1 Å². The fourth-order valence-electron chi connectivity index (χ4n) is 3.01. The van der Waals surface area contributed by atoms with E-state index in [-0.39, 0.29) is 12.1 Å². The summed E-state index contributed by atoms with van der Waals surface area (Å²) in [5.74, 6) is 0.837. The lowest BCUT2D eigenvalue weighted by molar-refractivity contribution is 0.0824. The summed E-state index contributed by atoms with van der Waals surface area (Å²) in [5.41, 5.74) is 1.14. The molecule has 1 aromatic carbocycles. The summed E-state index contributed by atoms with van der Waals surface area (Å²) in [7, 11) is 0. The summed E-state index contributed by atoms with van der Waals surface area (Å²) < 4.78 is 0. The predicted octanol–water partition coefficient (Wildman–Crippen LogP) is 2.80. The Morgan fingerprint density at radius 1 is 1.40 bits per heavy atom. The number of aliphatic hydroxyl groups is 1. The summed E-state index contributed by atoms with van der Waals surface area (Å²) in [6.07, 6.45) is 2.71. The Kier molecular flexibility index (Phi) is 8.52. The second kappa shape index (κ2) is 10.6. The van der Waals surface area contributed by atoms with Crippen LogP contribution in [0, 0.1) is 0 Å². The van der Waals surface area contributed by atoms with E-state index in [0.717, 1.165) is 68.5 Å². The Morgan fingerprint density at radius 3 is 2.84 bits per heavy atom. The zero-order valence-electron chi connectivity index (χ0n) is 15.3. The zero-order chi connectivity index (χ0) is 18.1. The number of nitrogens with zero attached hydrogens (tertiary/aromatic N) is 2. The highest BCUT2D eigenvalue weighted by Gasteiger charge is 2.16. The van der Waals surface area contributed by atoms with Gasteiger partial charge >= 0.3 is 0 Å². The van der Waals surface area contributed by atoms with Crippen LogP contribution in [-0.4, -0.2) is 54.8 Å². The van der Waals surface area contributed by atoms with E-state index in [1.807, 2.05) is 18.2 Å². The summed E-state index contributed by atoms with van der Waals surface area (Å²) in [4.78, 5) is 7.10. The Bertz CT molecular complexity index is 544. The van der Waals surface area contributed by atoms with Gasteiger partial charge in [-0.05, 0) is 57.4 Å². The van der Waals surface area contributed by atoms with Gasteiger partial charge in [0.2, 0.25) is 0 Å². The van der Waals surface area contributed by atoms with Gasteiger partial charge in [-0.2, -0.15) is 0 Å². The van der Waals surface area contributed by atoms with Crippen molar-refractivity contribution in [3.63, 3.8) is 0 Å². The molecular formula is C19H31ClN4O. The van der Waals surface area contributed by atoms with E-state index in [4.69, 9.17) is 11.6 Å². The lowest BCUT2D eigenvalue weighted by Gasteiger charge is -2.29. The molecule has 5 nitrogen and oxygen atoms in total. The maximum Gasteiger partial charge on any atom is 0.191 e. The molecule has 0 aromatic heterocycles. The number of guanidine groups is 1. The largest absolute Gasteiger partial charge is 0.393 e. The van der Waals surface area contributed by atoms with Crippen LogP contribution in [0.4, 0.5) is 0 Å². The van der Waals surface area contributed by atoms with Gasteiger partial charge in [0.15, 0.2) is 5.96 Å². The summed E-state index contributed by atoms with van der Waals surface area (Å²) >= 11 is 6.08. The van der Waals surface area contributed by atoms with Crippen molar-refractivity contribution in [3.05, 3.63) is 34.9 Å². The first-order chi connectivity index (χ1) is 12.1. The molecule has 6 heteroatoms. The maximum atomic E-state index is 9.55. The molecule has 0 radical (unpaired) electrons. The molecule has 1 aliphatic heterocycles. The number of hydrogen-bond donors (Lipinski definition) is 3. The van der Waals surface area contributed by atoms with E-state index >= 15 is 0 Å². The normalized spacial score (nSPS) is 18.2. The molecule has 2 rings (SSSR count). The molecule has 0 amide bonds. The number of nitrogens with one attached hydrogen (secondary N) is 2. The third-order valence-electron chi connectivity index (χ3n) is 4.51. The third-order valence-corrected chi connectivity index (χ3v) is 4.74. The molecule has 0 bridgehead atoms. The molecule has 25 heavy (non-hydrogen) atoms. The number of hydrogen-bond acceptors (Lipinski definition) is 3. The Morgan fingerprint density at radius 2 is 2.16 bits per heavy atom. The molecule has 1 heterocycles. The molecule has 3 N–H and O–H groups in total. The van der Waals surface area contributed by atoms with Crippen LogP contribution < -0.4 is 10.6 Å². The molecule has 1 fully saturated rings. The van der Waals surface area contributed by atoms with E-state index in [1.165, 1.54) is 0 Å². The number of piperidine rings is 1. The van der Waals surface area contributed by atoms with Crippen LogP contribution in [0.1, 0.15) is 44.7 Å². The zero-order valence-corrected chi connectivity index (χ0v) is 16.1. The maximum absolute atomic E-state index is 9.55. The smallest absolute Gasteiger partial charge is 0.191 e. The number of benzene rings is 1. The second-order valence-electron chi connectivity index (χ2n) is 6.61. The van der Waals surface area contributed by atoms with Gasteiger partial charge in [-0.1, -0.05) is 23.7 Å². The van der Waals surface area contributed by atoms with Crippen LogP contribution in [0.25, 0.3) is 0 Å². The standard InChI is InChI=1S/C19H31ClN4O/c1-3-21-19(23-15(2)16-6-4-7-17(20)14-16)22-10-5-11-24-12-8-18(25)9-13-24/h4,6-7,14-15,18,25H,3,5,8-13H2,1-2H3,(H2,21,22,23). The van der Waals surface area contributed by atoms with Crippen LogP contribution in [0.3, 0.4) is 0 Å². The van der Waals surface area contributed by atoms with E-state index < -0.39 is 0 Å². The van der Waals surface area contributed by atoms with Gasteiger partial charge in [-0.25, -0.2) is 0 Å². The topological polar surface area (TPSA) is 59.9 Å². The van der Waals surface area contributed by atoms with E-state index in [1.54, 1.807) is 0 Å². The van der Waals surface area contributed by atoms with Gasteiger partial charge in [0, 0.05) is 31.2 Å². The molecule has 1 aliphatic rings. The highest BCUT2D eigenvalue weighted by Crippen LogP contribution is 2.17. The first-order valence-electron chi connectivity index (χ1n) is 9.29. The number of halogens is 1. The molecule has 1 unspecified atom stereocenters. The minimum atomic E-state index is -0.105. The van der Waals surface area contributed by atoms with Crippen LogP contribution in [0.2, 0.25) is 5.02 Å². The van der Waals surface area contributed by atoms with Crippen molar-refractivity contribution in [2.45, 2.75) is 45.3 Å². The second-order valence-corrected chi connectivity index (χ2v) is 7.04. The van der Waals surface area contributed by atoms with Crippen molar-refractivity contribution < 1.29 is 5.11 Å². The number of likely N-dealkylation sites (tertiary alicyclic amines) is 1. The van der Waals surface area contributed by atoms with Crippen LogP contribution in [0.5, 0.6) is 0 Å². The monoisotopic (exact) mass is 366 g/mol. The minimum Gasteiger partial charge on any atom is -0.393 e. The predicted molar refractivity (Wildman–Crippen MR) is 105 cm³/mol. The molecular weight excluding hydrogens is 336 g/mol. The van der Waals surface area contributed by atoms with Crippen molar-refractivity contribution in [1.82, 2.24) is 15.5 Å². The van der Waals surface area contributed by atoms with Gasteiger partial charge in [0.1, 0.15) is 0 Å². The first kappa shape index (κ1) is 20.0. The summed E-state index contributed by atoms with van der Waals surface area (Å²) in [6.45, 7) is 8.83. The molecule has 0 saturated carbocycles. The first-order valence-corrected chi connectivity index (χ1v) is 9.67. The highest BCUT2D eigenvalue weighted by atomic mass is 35.5. The average molecular weight is 367 g/mol. The van der Waals surface area contributed by atoms with Crippen LogP contribution >= 0.6 is 11.6 Å². The van der Waals surface area contributed by atoms with Gasteiger partial charge in [-0.3, -0.25) is 4.99 Å². The van der Waals surface area contributed by atoms with Crippen molar-refractivity contribution in [3.8, 4) is 0 Å². The lowest BCUT2D eigenvalue weighted by atomic mass is 10.1. The number of rotatable bonds is 7. The average Bonchev–Trinajstić information content (AvgIpc) is 2.60.